The van der Waals surface area contributed by atoms with Crippen LogP contribution in [0.5, 0.6) is 5.75 Å². The van der Waals surface area contributed by atoms with E-state index in [1.165, 1.54) is 12.0 Å². The summed E-state index contributed by atoms with van der Waals surface area (Å²) in [6.07, 6.45) is 3.36. The van der Waals surface area contributed by atoms with Gasteiger partial charge in [0, 0.05) is 17.5 Å². The van der Waals surface area contributed by atoms with Gasteiger partial charge >= 0.3 is 0 Å². The van der Waals surface area contributed by atoms with Crippen LogP contribution in [0.2, 0.25) is 0 Å². The predicted molar refractivity (Wildman–Crippen MR) is 57.4 cm³/mol. The summed E-state index contributed by atoms with van der Waals surface area (Å²) in [6.45, 7) is 2.02. The number of fused-ring (bicyclic) bond motifs is 1. The zero-order valence-corrected chi connectivity index (χ0v) is 8.53. The van der Waals surface area contributed by atoms with Crippen molar-refractivity contribution >= 4 is 0 Å². The van der Waals surface area contributed by atoms with Crippen molar-refractivity contribution in [2.45, 2.75) is 38.1 Å². The molecule has 76 valence electrons. The first-order valence-electron chi connectivity index (χ1n) is 5.26. The monoisotopic (exact) mass is 191 g/mol. The molecule has 0 amide bonds. The molecular weight excluding hydrogens is 174 g/mol. The lowest BCUT2D eigenvalue weighted by Gasteiger charge is -2.28. The Labute approximate surface area is 84.7 Å². The third-order valence-electron chi connectivity index (χ3n) is 3.14. The molecule has 2 nitrogen and oxygen atoms in total. The maximum Gasteiger partial charge on any atom is 0.119 e. The van der Waals surface area contributed by atoms with Gasteiger partial charge in [0.05, 0.1) is 0 Å². The van der Waals surface area contributed by atoms with Crippen molar-refractivity contribution in [3.8, 4) is 5.75 Å². The van der Waals surface area contributed by atoms with Gasteiger partial charge in [-0.25, -0.2) is 0 Å². The van der Waals surface area contributed by atoms with E-state index in [0.29, 0.717) is 11.7 Å². The van der Waals surface area contributed by atoms with Crippen molar-refractivity contribution in [1.29, 1.82) is 0 Å². The van der Waals surface area contributed by atoms with Gasteiger partial charge in [0.1, 0.15) is 5.75 Å². The van der Waals surface area contributed by atoms with Gasteiger partial charge in [-0.1, -0.05) is 12.1 Å². The molecule has 1 aliphatic rings. The van der Waals surface area contributed by atoms with Crippen molar-refractivity contribution in [2.24, 2.45) is 5.73 Å². The molecule has 0 bridgehead atoms. The van der Waals surface area contributed by atoms with Gasteiger partial charge in [-0.15, -0.1) is 0 Å². The summed E-state index contributed by atoms with van der Waals surface area (Å²) in [4.78, 5) is 0. The molecule has 2 rings (SSSR count). The average Bonchev–Trinajstić information content (AvgIpc) is 2.17. The number of phenols is 1. The first-order valence-corrected chi connectivity index (χ1v) is 5.26. The molecule has 0 spiro atoms. The van der Waals surface area contributed by atoms with E-state index >= 15 is 0 Å². The Morgan fingerprint density at radius 2 is 2.29 bits per heavy atom. The van der Waals surface area contributed by atoms with Crippen molar-refractivity contribution < 1.29 is 5.11 Å². The molecule has 2 heteroatoms. The van der Waals surface area contributed by atoms with Crippen LogP contribution in [0.15, 0.2) is 18.2 Å². The molecule has 0 saturated heterocycles. The highest BCUT2D eigenvalue weighted by Gasteiger charge is 2.25. The van der Waals surface area contributed by atoms with E-state index in [-0.39, 0.29) is 6.04 Å². The number of aromatic hydroxyl groups is 1. The Morgan fingerprint density at radius 1 is 1.50 bits per heavy atom. The van der Waals surface area contributed by atoms with Crippen molar-refractivity contribution in [3.05, 3.63) is 29.3 Å². The fourth-order valence-corrected chi connectivity index (χ4v) is 2.43. The Bertz CT molecular complexity index is 333. The van der Waals surface area contributed by atoms with Crippen LogP contribution in [0.4, 0.5) is 0 Å². The number of phenolic OH excluding ortho intramolecular Hbond substituents is 1. The fourth-order valence-electron chi connectivity index (χ4n) is 2.43. The van der Waals surface area contributed by atoms with E-state index in [9.17, 15) is 5.11 Å². The molecule has 14 heavy (non-hydrogen) atoms. The Morgan fingerprint density at radius 3 is 3.00 bits per heavy atom. The summed E-state index contributed by atoms with van der Waals surface area (Å²) < 4.78 is 0. The summed E-state index contributed by atoms with van der Waals surface area (Å²) in [6, 6.07) is 5.91. The van der Waals surface area contributed by atoms with E-state index in [1.807, 2.05) is 13.0 Å². The number of aryl methyl sites for hydroxylation is 1. The van der Waals surface area contributed by atoms with E-state index in [2.05, 4.69) is 6.07 Å². The standard InChI is InChI=1S/C12H17NO/c1-8(13)10-6-2-4-9-5-3-7-11(14)12(9)10/h3,5,7-8,10,14H,2,4,6,13H2,1H3. The van der Waals surface area contributed by atoms with E-state index in [4.69, 9.17) is 5.73 Å². The van der Waals surface area contributed by atoms with Gasteiger partial charge in [0.2, 0.25) is 0 Å². The molecule has 0 saturated carbocycles. The van der Waals surface area contributed by atoms with E-state index in [1.54, 1.807) is 6.07 Å². The molecule has 0 fully saturated rings. The first-order chi connectivity index (χ1) is 6.70. The Balaban J connectivity index is 2.47. The predicted octanol–water partition coefficient (Wildman–Crippen LogP) is 2.16. The van der Waals surface area contributed by atoms with Gasteiger partial charge in [0.15, 0.2) is 0 Å². The third-order valence-corrected chi connectivity index (χ3v) is 3.14. The second-order valence-corrected chi connectivity index (χ2v) is 4.21. The van der Waals surface area contributed by atoms with E-state index < -0.39 is 0 Å². The summed E-state index contributed by atoms with van der Waals surface area (Å²) in [5.74, 6) is 0.754. The average molecular weight is 191 g/mol. The number of hydrogen-bond acceptors (Lipinski definition) is 2. The van der Waals surface area contributed by atoms with Crippen molar-refractivity contribution in [3.63, 3.8) is 0 Å². The molecule has 2 atom stereocenters. The number of rotatable bonds is 1. The lowest BCUT2D eigenvalue weighted by atomic mass is 9.79. The van der Waals surface area contributed by atoms with Crippen molar-refractivity contribution in [2.75, 3.05) is 0 Å². The molecule has 1 aliphatic carbocycles. The van der Waals surface area contributed by atoms with Crippen LogP contribution in [0.1, 0.15) is 36.8 Å². The van der Waals surface area contributed by atoms with E-state index in [0.717, 1.165) is 18.4 Å². The maximum absolute atomic E-state index is 9.82. The van der Waals surface area contributed by atoms with Crippen LogP contribution in [0, 0.1) is 0 Å². The number of nitrogens with two attached hydrogens (primary N) is 1. The second-order valence-electron chi connectivity index (χ2n) is 4.21. The molecule has 0 aliphatic heterocycles. The Kier molecular flexibility index (Phi) is 2.46. The highest BCUT2D eigenvalue weighted by atomic mass is 16.3. The van der Waals surface area contributed by atoms with Crippen LogP contribution in [-0.2, 0) is 6.42 Å². The van der Waals surface area contributed by atoms with Gasteiger partial charge in [-0.3, -0.25) is 0 Å². The summed E-state index contributed by atoms with van der Waals surface area (Å²) in [7, 11) is 0. The van der Waals surface area contributed by atoms with Crippen molar-refractivity contribution in [1.82, 2.24) is 0 Å². The Hall–Kier alpha value is -1.02. The molecule has 0 heterocycles. The fraction of sp³-hybridized carbons (Fsp3) is 0.500. The maximum atomic E-state index is 9.82. The highest BCUT2D eigenvalue weighted by Crippen LogP contribution is 2.38. The van der Waals surface area contributed by atoms with Gasteiger partial charge in [-0.05, 0) is 37.8 Å². The lowest BCUT2D eigenvalue weighted by Crippen LogP contribution is -2.27. The van der Waals surface area contributed by atoms with Crippen LogP contribution in [0.25, 0.3) is 0 Å². The smallest absolute Gasteiger partial charge is 0.119 e. The first kappa shape index (κ1) is 9.53. The molecule has 0 radical (unpaired) electrons. The van der Waals surface area contributed by atoms with Gasteiger partial charge in [-0.2, -0.15) is 0 Å². The molecule has 3 N–H and O–H groups in total. The third kappa shape index (κ3) is 1.50. The largest absolute Gasteiger partial charge is 0.508 e. The topological polar surface area (TPSA) is 46.2 Å². The zero-order chi connectivity index (χ0) is 10.1. The molecule has 1 aromatic carbocycles. The SMILES string of the molecule is CC(N)C1CCCc2cccc(O)c21. The van der Waals surface area contributed by atoms with Gasteiger partial charge in [0.25, 0.3) is 0 Å². The highest BCUT2D eigenvalue weighted by molar-refractivity contribution is 5.44. The van der Waals surface area contributed by atoms with Crippen LogP contribution >= 0.6 is 0 Å². The molecule has 1 aromatic rings. The molecule has 2 unspecified atom stereocenters. The van der Waals surface area contributed by atoms with Crippen LogP contribution in [-0.4, -0.2) is 11.1 Å². The minimum atomic E-state index is 0.127. The normalized spacial score (nSPS) is 22.9. The zero-order valence-electron chi connectivity index (χ0n) is 8.53. The summed E-state index contributed by atoms with van der Waals surface area (Å²) >= 11 is 0. The minimum absolute atomic E-state index is 0.127. The molecular formula is C12H17NO. The quantitative estimate of drug-likeness (QED) is 0.714. The van der Waals surface area contributed by atoms with Gasteiger partial charge < -0.3 is 10.8 Å². The minimum Gasteiger partial charge on any atom is -0.508 e. The van der Waals surface area contributed by atoms with Crippen LogP contribution in [0.3, 0.4) is 0 Å². The number of hydrogen-bond donors (Lipinski definition) is 2. The molecule has 0 aromatic heterocycles. The number of benzene rings is 1. The van der Waals surface area contributed by atoms with Crippen LogP contribution < -0.4 is 5.73 Å². The summed E-state index contributed by atoms with van der Waals surface area (Å²) in [5.41, 5.74) is 8.31. The second kappa shape index (κ2) is 3.62. The lowest BCUT2D eigenvalue weighted by molar-refractivity contribution is 0.426. The summed E-state index contributed by atoms with van der Waals surface area (Å²) in [5, 5.41) is 9.82.